The summed E-state index contributed by atoms with van der Waals surface area (Å²) in [7, 11) is 0. The number of carbonyl (C=O) groups is 1. The topological polar surface area (TPSA) is 81.9 Å². The molecule has 0 aliphatic carbocycles. The Morgan fingerprint density at radius 3 is 2.44 bits per heavy atom. The quantitative estimate of drug-likeness (QED) is 0.759. The molecule has 7 nitrogen and oxygen atoms in total. The molecule has 3 rings (SSSR count). The molecule has 128 valence electrons. The van der Waals surface area contributed by atoms with Crippen LogP contribution < -0.4 is 10.1 Å². The van der Waals surface area contributed by atoms with E-state index in [-0.39, 0.29) is 12.5 Å². The largest absolute Gasteiger partial charge is 0.484 e. The minimum atomic E-state index is -0.305. The standard InChI is InChI=1S/C17H16ClN5O2/c1-11-12(2)23(10-21-11)17-19-7-14(8-20-17)22-16(24)9-25-15-5-3-13(18)4-6-15/h3-8,10H,9H2,1-2H3,(H,22,24). The predicted molar refractivity (Wildman–Crippen MR) is 94.2 cm³/mol. The molecule has 2 aromatic heterocycles. The van der Waals surface area contributed by atoms with Gasteiger partial charge in [0.15, 0.2) is 6.61 Å². The number of aryl methyl sites for hydroxylation is 1. The number of halogens is 1. The molecular formula is C17H16ClN5O2. The van der Waals surface area contributed by atoms with Crippen molar-refractivity contribution in [2.45, 2.75) is 13.8 Å². The molecule has 0 fully saturated rings. The summed E-state index contributed by atoms with van der Waals surface area (Å²) in [5.41, 5.74) is 2.37. The lowest BCUT2D eigenvalue weighted by Crippen LogP contribution is -2.20. The van der Waals surface area contributed by atoms with Crippen LogP contribution in [0.15, 0.2) is 43.0 Å². The molecule has 0 saturated carbocycles. The zero-order valence-corrected chi connectivity index (χ0v) is 14.5. The summed E-state index contributed by atoms with van der Waals surface area (Å²) in [6.45, 7) is 3.74. The molecule has 0 saturated heterocycles. The monoisotopic (exact) mass is 357 g/mol. The molecule has 0 radical (unpaired) electrons. The minimum Gasteiger partial charge on any atom is -0.484 e. The molecule has 0 atom stereocenters. The summed E-state index contributed by atoms with van der Waals surface area (Å²) in [5, 5.41) is 3.29. The summed E-state index contributed by atoms with van der Waals surface area (Å²) in [6, 6.07) is 6.79. The fourth-order valence-corrected chi connectivity index (χ4v) is 2.21. The van der Waals surface area contributed by atoms with Gasteiger partial charge in [0.05, 0.1) is 23.8 Å². The maximum absolute atomic E-state index is 11.9. The van der Waals surface area contributed by atoms with Gasteiger partial charge in [0.25, 0.3) is 5.91 Å². The molecule has 0 spiro atoms. The summed E-state index contributed by atoms with van der Waals surface area (Å²) in [5.74, 6) is 0.756. The highest BCUT2D eigenvalue weighted by Gasteiger charge is 2.08. The first kappa shape index (κ1) is 16.9. The first-order chi connectivity index (χ1) is 12.0. The lowest BCUT2D eigenvalue weighted by atomic mass is 10.3. The second-order valence-corrected chi connectivity index (χ2v) is 5.78. The highest BCUT2D eigenvalue weighted by molar-refractivity contribution is 6.30. The van der Waals surface area contributed by atoms with Crippen molar-refractivity contribution >= 4 is 23.2 Å². The van der Waals surface area contributed by atoms with E-state index in [4.69, 9.17) is 16.3 Å². The van der Waals surface area contributed by atoms with Crippen LogP contribution in [0.25, 0.3) is 5.95 Å². The van der Waals surface area contributed by atoms with Crippen LogP contribution in [0.4, 0.5) is 5.69 Å². The third-order valence-corrected chi connectivity index (χ3v) is 3.82. The van der Waals surface area contributed by atoms with Crippen molar-refractivity contribution < 1.29 is 9.53 Å². The van der Waals surface area contributed by atoms with Crippen molar-refractivity contribution in [3.63, 3.8) is 0 Å². The first-order valence-corrected chi connectivity index (χ1v) is 7.92. The van der Waals surface area contributed by atoms with Crippen LogP contribution in [0.3, 0.4) is 0 Å². The molecule has 1 aromatic carbocycles. The van der Waals surface area contributed by atoms with Gasteiger partial charge in [-0.25, -0.2) is 15.0 Å². The molecule has 0 aliphatic rings. The lowest BCUT2D eigenvalue weighted by Gasteiger charge is -2.08. The Bertz CT molecular complexity index is 875. The van der Waals surface area contributed by atoms with Crippen molar-refractivity contribution in [1.82, 2.24) is 19.5 Å². The number of carbonyl (C=O) groups excluding carboxylic acids is 1. The number of nitrogens with one attached hydrogen (secondary N) is 1. The summed E-state index contributed by atoms with van der Waals surface area (Å²) in [4.78, 5) is 24.6. The van der Waals surface area contributed by atoms with E-state index in [1.54, 1.807) is 35.2 Å². The van der Waals surface area contributed by atoms with Crippen LogP contribution in [0.1, 0.15) is 11.4 Å². The smallest absolute Gasteiger partial charge is 0.262 e. The van der Waals surface area contributed by atoms with Crippen LogP contribution >= 0.6 is 11.6 Å². The molecular weight excluding hydrogens is 342 g/mol. The fourth-order valence-electron chi connectivity index (χ4n) is 2.09. The highest BCUT2D eigenvalue weighted by atomic mass is 35.5. The Kier molecular flexibility index (Phi) is 4.95. The minimum absolute atomic E-state index is 0.122. The molecule has 8 heteroatoms. The number of anilines is 1. The molecule has 0 aliphatic heterocycles. The first-order valence-electron chi connectivity index (χ1n) is 7.54. The predicted octanol–water partition coefficient (Wildman–Crippen LogP) is 2.95. The van der Waals surface area contributed by atoms with Gasteiger partial charge in [-0.05, 0) is 38.1 Å². The summed E-state index contributed by atoms with van der Waals surface area (Å²) in [6.07, 6.45) is 4.74. The van der Waals surface area contributed by atoms with E-state index >= 15 is 0 Å². The van der Waals surface area contributed by atoms with Crippen LogP contribution in [0, 0.1) is 13.8 Å². The van der Waals surface area contributed by atoms with E-state index in [0.717, 1.165) is 11.4 Å². The van der Waals surface area contributed by atoms with Gasteiger partial charge in [0.2, 0.25) is 5.95 Å². The number of hydrogen-bond donors (Lipinski definition) is 1. The molecule has 1 amide bonds. The lowest BCUT2D eigenvalue weighted by molar-refractivity contribution is -0.118. The molecule has 0 unspecified atom stereocenters. The van der Waals surface area contributed by atoms with Crippen LogP contribution in [0.2, 0.25) is 5.02 Å². The van der Waals surface area contributed by atoms with Crippen molar-refractivity contribution in [3.8, 4) is 11.7 Å². The van der Waals surface area contributed by atoms with Crippen LogP contribution in [-0.2, 0) is 4.79 Å². The van der Waals surface area contributed by atoms with Crippen LogP contribution in [-0.4, -0.2) is 32.0 Å². The second kappa shape index (κ2) is 7.31. The van der Waals surface area contributed by atoms with Crippen molar-refractivity contribution in [1.29, 1.82) is 0 Å². The summed E-state index contributed by atoms with van der Waals surface area (Å²) >= 11 is 5.80. The van der Waals surface area contributed by atoms with Gasteiger partial charge in [0.1, 0.15) is 12.1 Å². The maximum atomic E-state index is 11.9. The maximum Gasteiger partial charge on any atom is 0.262 e. The Hall–Kier alpha value is -2.93. The van der Waals surface area contributed by atoms with Crippen molar-refractivity contribution in [3.05, 3.63) is 59.4 Å². The molecule has 2 heterocycles. The van der Waals surface area contributed by atoms with E-state index in [9.17, 15) is 4.79 Å². The van der Waals surface area contributed by atoms with E-state index in [0.29, 0.717) is 22.4 Å². The van der Waals surface area contributed by atoms with E-state index < -0.39 is 0 Å². The van der Waals surface area contributed by atoms with Gasteiger partial charge in [-0.2, -0.15) is 0 Å². The number of imidazole rings is 1. The van der Waals surface area contributed by atoms with Gasteiger partial charge < -0.3 is 10.1 Å². The normalized spacial score (nSPS) is 10.5. The SMILES string of the molecule is Cc1ncn(-c2ncc(NC(=O)COc3ccc(Cl)cc3)cn2)c1C. The molecule has 0 bridgehead atoms. The zero-order chi connectivity index (χ0) is 17.8. The number of aromatic nitrogens is 4. The fraction of sp³-hybridized carbons (Fsp3) is 0.176. The van der Waals surface area contributed by atoms with E-state index in [1.165, 1.54) is 12.4 Å². The zero-order valence-electron chi connectivity index (χ0n) is 13.7. The van der Waals surface area contributed by atoms with Crippen molar-refractivity contribution in [2.24, 2.45) is 0 Å². The van der Waals surface area contributed by atoms with Crippen LogP contribution in [0.5, 0.6) is 5.75 Å². The number of hydrogen-bond acceptors (Lipinski definition) is 5. The molecule has 3 aromatic rings. The Balaban J connectivity index is 1.58. The van der Waals surface area contributed by atoms with Gasteiger partial charge in [-0.1, -0.05) is 11.6 Å². The van der Waals surface area contributed by atoms with E-state index in [1.807, 2.05) is 13.8 Å². The van der Waals surface area contributed by atoms with Gasteiger partial charge in [-0.3, -0.25) is 9.36 Å². The Labute approximate surface area is 149 Å². The van der Waals surface area contributed by atoms with Gasteiger partial charge >= 0.3 is 0 Å². The Morgan fingerprint density at radius 2 is 1.84 bits per heavy atom. The second-order valence-electron chi connectivity index (χ2n) is 5.35. The Morgan fingerprint density at radius 1 is 1.16 bits per heavy atom. The molecule has 1 N–H and O–H groups in total. The number of nitrogens with zero attached hydrogens (tertiary/aromatic N) is 4. The molecule has 25 heavy (non-hydrogen) atoms. The number of benzene rings is 1. The van der Waals surface area contributed by atoms with Crippen molar-refractivity contribution in [2.75, 3.05) is 11.9 Å². The third kappa shape index (κ3) is 4.13. The van der Waals surface area contributed by atoms with E-state index in [2.05, 4.69) is 20.3 Å². The highest BCUT2D eigenvalue weighted by Crippen LogP contribution is 2.15. The van der Waals surface area contributed by atoms with Gasteiger partial charge in [-0.15, -0.1) is 0 Å². The average molecular weight is 358 g/mol. The number of amides is 1. The summed E-state index contributed by atoms with van der Waals surface area (Å²) < 4.78 is 7.16. The third-order valence-electron chi connectivity index (χ3n) is 3.57. The van der Waals surface area contributed by atoms with Gasteiger partial charge in [0, 0.05) is 10.7 Å². The number of ether oxygens (including phenoxy) is 1. The number of rotatable bonds is 5. The average Bonchev–Trinajstić information content (AvgIpc) is 2.94.